The molecule has 0 aliphatic heterocycles. The molecule has 0 aliphatic carbocycles. The fourth-order valence-corrected chi connectivity index (χ4v) is 1.91. The molecule has 1 amide bonds. The molecule has 0 saturated heterocycles. The van der Waals surface area contributed by atoms with Crippen LogP contribution in [-0.2, 0) is 0 Å². The highest BCUT2D eigenvalue weighted by Gasteiger charge is 2.14. The van der Waals surface area contributed by atoms with Crippen LogP contribution in [0.1, 0.15) is 22.3 Å². The number of nitrogens with zero attached hydrogens (tertiary/aromatic N) is 1. The van der Waals surface area contributed by atoms with Crippen LogP contribution in [-0.4, -0.2) is 38.0 Å². The molecule has 1 N–H and O–H groups in total. The van der Waals surface area contributed by atoms with Crippen molar-refractivity contribution >= 4 is 17.5 Å². The van der Waals surface area contributed by atoms with Crippen LogP contribution in [0.3, 0.4) is 0 Å². The smallest absolute Gasteiger partial charge is 0.255 e. The van der Waals surface area contributed by atoms with E-state index in [1.807, 2.05) is 26.1 Å². The summed E-state index contributed by atoms with van der Waals surface area (Å²) in [5.41, 5.74) is 1.63. The Hall–Kier alpha value is -1.06. The lowest BCUT2D eigenvalue weighted by Crippen LogP contribution is -2.29. The third-order valence-corrected chi connectivity index (χ3v) is 2.93. The molecule has 0 fully saturated rings. The Bertz CT molecular complexity index is 393. The van der Waals surface area contributed by atoms with Crippen LogP contribution in [0.5, 0.6) is 0 Å². The second-order valence-electron chi connectivity index (χ2n) is 4.17. The Kier molecular flexibility index (Phi) is 5.45. The molecule has 0 radical (unpaired) electrons. The predicted octanol–water partition coefficient (Wildman–Crippen LogP) is 2.33. The van der Waals surface area contributed by atoms with Crippen molar-refractivity contribution in [2.75, 3.05) is 27.2 Å². The van der Waals surface area contributed by atoms with Crippen molar-refractivity contribution in [1.29, 1.82) is 0 Å². The van der Waals surface area contributed by atoms with E-state index in [4.69, 9.17) is 11.6 Å². The fourth-order valence-electron chi connectivity index (χ4n) is 1.59. The first-order valence-electron chi connectivity index (χ1n) is 5.72. The molecular formula is C13H19ClN2O. The third kappa shape index (κ3) is 4.02. The molecule has 94 valence electrons. The molecule has 0 atom stereocenters. The number of carbonyl (C=O) groups excluding carboxylic acids is 1. The van der Waals surface area contributed by atoms with Crippen LogP contribution in [0.25, 0.3) is 0 Å². The minimum Gasteiger partial charge on any atom is -0.342 e. The van der Waals surface area contributed by atoms with E-state index in [0.717, 1.165) is 25.1 Å². The largest absolute Gasteiger partial charge is 0.342 e. The van der Waals surface area contributed by atoms with Crippen LogP contribution in [0.4, 0.5) is 0 Å². The van der Waals surface area contributed by atoms with Crippen LogP contribution in [0.2, 0.25) is 5.02 Å². The molecule has 0 spiro atoms. The van der Waals surface area contributed by atoms with Crippen molar-refractivity contribution in [3.63, 3.8) is 0 Å². The molecule has 17 heavy (non-hydrogen) atoms. The van der Waals surface area contributed by atoms with Gasteiger partial charge in [0.15, 0.2) is 0 Å². The maximum Gasteiger partial charge on any atom is 0.255 e. The van der Waals surface area contributed by atoms with E-state index in [9.17, 15) is 4.79 Å². The van der Waals surface area contributed by atoms with Crippen LogP contribution >= 0.6 is 11.6 Å². The summed E-state index contributed by atoms with van der Waals surface area (Å²) in [6.07, 6.45) is 0.933. The van der Waals surface area contributed by atoms with E-state index in [2.05, 4.69) is 5.32 Å². The molecular weight excluding hydrogens is 236 g/mol. The summed E-state index contributed by atoms with van der Waals surface area (Å²) in [5, 5.41) is 3.58. The van der Waals surface area contributed by atoms with Gasteiger partial charge in [0.25, 0.3) is 5.91 Å². The second kappa shape index (κ2) is 6.62. The Labute approximate surface area is 108 Å². The summed E-state index contributed by atoms with van der Waals surface area (Å²) in [4.78, 5) is 13.8. The highest BCUT2D eigenvalue weighted by atomic mass is 35.5. The summed E-state index contributed by atoms with van der Waals surface area (Å²) < 4.78 is 0. The topological polar surface area (TPSA) is 32.3 Å². The molecule has 4 heteroatoms. The van der Waals surface area contributed by atoms with Gasteiger partial charge in [-0.25, -0.2) is 0 Å². The zero-order chi connectivity index (χ0) is 12.8. The first-order chi connectivity index (χ1) is 8.06. The van der Waals surface area contributed by atoms with Crippen molar-refractivity contribution in [2.45, 2.75) is 13.3 Å². The summed E-state index contributed by atoms with van der Waals surface area (Å²) in [6, 6.07) is 5.51. The number of hydrogen-bond acceptors (Lipinski definition) is 2. The number of hydrogen-bond donors (Lipinski definition) is 1. The third-order valence-electron chi connectivity index (χ3n) is 2.62. The second-order valence-corrected chi connectivity index (χ2v) is 4.57. The minimum atomic E-state index is -0.0221. The van der Waals surface area contributed by atoms with Gasteiger partial charge in [-0.3, -0.25) is 4.79 Å². The average molecular weight is 255 g/mol. The number of carbonyl (C=O) groups is 1. The predicted molar refractivity (Wildman–Crippen MR) is 71.7 cm³/mol. The van der Waals surface area contributed by atoms with Gasteiger partial charge < -0.3 is 10.2 Å². The van der Waals surface area contributed by atoms with Crippen molar-refractivity contribution in [1.82, 2.24) is 10.2 Å². The number of rotatable bonds is 5. The standard InChI is InChI=1S/C13H19ClN2O/c1-10-5-6-11(12(14)9-10)13(17)16(3)8-4-7-15-2/h5-6,9,15H,4,7-8H2,1-3H3. The van der Waals surface area contributed by atoms with Crippen molar-refractivity contribution in [2.24, 2.45) is 0 Å². The normalized spacial score (nSPS) is 10.4. The highest BCUT2D eigenvalue weighted by molar-refractivity contribution is 6.33. The Morgan fingerprint density at radius 3 is 2.76 bits per heavy atom. The zero-order valence-electron chi connectivity index (χ0n) is 10.6. The van der Waals surface area contributed by atoms with Gasteiger partial charge in [-0.05, 0) is 44.6 Å². The fraction of sp³-hybridized carbons (Fsp3) is 0.462. The monoisotopic (exact) mass is 254 g/mol. The maximum absolute atomic E-state index is 12.1. The molecule has 0 aromatic heterocycles. The number of halogens is 1. The van der Waals surface area contributed by atoms with E-state index >= 15 is 0 Å². The summed E-state index contributed by atoms with van der Waals surface area (Å²) in [7, 11) is 3.70. The van der Waals surface area contributed by atoms with Gasteiger partial charge in [0.1, 0.15) is 0 Å². The van der Waals surface area contributed by atoms with E-state index < -0.39 is 0 Å². The van der Waals surface area contributed by atoms with Crippen LogP contribution in [0.15, 0.2) is 18.2 Å². The van der Waals surface area contributed by atoms with Gasteiger partial charge in [-0.1, -0.05) is 17.7 Å². The SMILES string of the molecule is CNCCCN(C)C(=O)c1ccc(C)cc1Cl. The molecule has 0 saturated carbocycles. The first-order valence-corrected chi connectivity index (χ1v) is 6.10. The Morgan fingerprint density at radius 2 is 2.18 bits per heavy atom. The van der Waals surface area contributed by atoms with Gasteiger partial charge in [0.05, 0.1) is 10.6 Å². The van der Waals surface area contributed by atoms with Gasteiger partial charge >= 0.3 is 0 Å². The molecule has 3 nitrogen and oxygen atoms in total. The number of amides is 1. The van der Waals surface area contributed by atoms with Crippen molar-refractivity contribution in [3.05, 3.63) is 34.3 Å². The van der Waals surface area contributed by atoms with Crippen LogP contribution in [0, 0.1) is 6.92 Å². The molecule has 0 heterocycles. The van der Waals surface area contributed by atoms with Gasteiger partial charge in [-0.15, -0.1) is 0 Å². The number of benzene rings is 1. The van der Waals surface area contributed by atoms with Crippen molar-refractivity contribution in [3.8, 4) is 0 Å². The molecule has 1 aromatic rings. The number of aryl methyl sites for hydroxylation is 1. The van der Waals surface area contributed by atoms with Gasteiger partial charge in [-0.2, -0.15) is 0 Å². The number of nitrogens with one attached hydrogen (secondary N) is 1. The van der Waals surface area contributed by atoms with E-state index in [1.165, 1.54) is 0 Å². The Morgan fingerprint density at radius 1 is 1.47 bits per heavy atom. The summed E-state index contributed by atoms with van der Waals surface area (Å²) in [6.45, 7) is 3.58. The molecule has 1 aromatic carbocycles. The molecule has 1 rings (SSSR count). The van der Waals surface area contributed by atoms with E-state index in [1.54, 1.807) is 18.0 Å². The average Bonchev–Trinajstić information content (AvgIpc) is 2.28. The molecule has 0 bridgehead atoms. The lowest BCUT2D eigenvalue weighted by molar-refractivity contribution is 0.0794. The Balaban J connectivity index is 2.68. The minimum absolute atomic E-state index is 0.0221. The summed E-state index contributed by atoms with van der Waals surface area (Å²) in [5.74, 6) is -0.0221. The van der Waals surface area contributed by atoms with E-state index in [0.29, 0.717) is 10.6 Å². The first kappa shape index (κ1) is 14.0. The quantitative estimate of drug-likeness (QED) is 0.818. The zero-order valence-corrected chi connectivity index (χ0v) is 11.3. The molecule has 0 aliphatic rings. The lowest BCUT2D eigenvalue weighted by Gasteiger charge is -2.17. The highest BCUT2D eigenvalue weighted by Crippen LogP contribution is 2.18. The van der Waals surface area contributed by atoms with Crippen LogP contribution < -0.4 is 5.32 Å². The summed E-state index contributed by atoms with van der Waals surface area (Å²) >= 11 is 6.07. The maximum atomic E-state index is 12.1. The van der Waals surface area contributed by atoms with Crippen molar-refractivity contribution < 1.29 is 4.79 Å². The van der Waals surface area contributed by atoms with E-state index in [-0.39, 0.29) is 5.91 Å². The van der Waals surface area contributed by atoms with Gasteiger partial charge in [0, 0.05) is 13.6 Å². The van der Waals surface area contributed by atoms with Gasteiger partial charge in [0.2, 0.25) is 0 Å². The molecule has 0 unspecified atom stereocenters. The lowest BCUT2D eigenvalue weighted by atomic mass is 10.1.